The third kappa shape index (κ3) is 5.71. The summed E-state index contributed by atoms with van der Waals surface area (Å²) in [5.41, 5.74) is 1.19. The van der Waals surface area contributed by atoms with Gasteiger partial charge in [0.1, 0.15) is 0 Å². The summed E-state index contributed by atoms with van der Waals surface area (Å²) in [5.74, 6) is -5.74. The van der Waals surface area contributed by atoms with E-state index < -0.39 is 34.6 Å². The van der Waals surface area contributed by atoms with Crippen molar-refractivity contribution >= 4 is 51.5 Å². The second-order valence-corrected chi connectivity index (χ2v) is 6.79. The Kier molecular flexibility index (Phi) is 8.14. The molecule has 2 aromatic carbocycles. The average Bonchev–Trinajstić information content (AvgIpc) is 2.63. The van der Waals surface area contributed by atoms with Gasteiger partial charge in [-0.1, -0.05) is 11.6 Å². The van der Waals surface area contributed by atoms with E-state index >= 15 is 0 Å². The van der Waals surface area contributed by atoms with E-state index in [1.54, 1.807) is 19.1 Å². The van der Waals surface area contributed by atoms with Crippen molar-refractivity contribution in [3.05, 3.63) is 55.9 Å². The summed E-state index contributed by atoms with van der Waals surface area (Å²) in [4.78, 5) is 17.1. The van der Waals surface area contributed by atoms with Gasteiger partial charge in [-0.2, -0.15) is 0 Å². The van der Waals surface area contributed by atoms with E-state index in [-0.39, 0.29) is 23.9 Å². The standard InChI is InChI=1S/C17H15ClF3IN2O3/c1-2-26-5-6-27-24-17(25)10-8-12(19)14(20)15(21)16(10)23-13-4-3-9(22)7-11(13)18/h3-4,7-8,23H,2,5-6H2,1H3,(H,24,25). The second-order valence-electron chi connectivity index (χ2n) is 5.13. The van der Waals surface area contributed by atoms with Crippen LogP contribution in [0.3, 0.4) is 0 Å². The molecule has 0 saturated heterocycles. The first-order valence-electron chi connectivity index (χ1n) is 7.74. The lowest BCUT2D eigenvalue weighted by atomic mass is 10.1. The van der Waals surface area contributed by atoms with Gasteiger partial charge in [0.05, 0.1) is 35.2 Å². The Morgan fingerprint density at radius 2 is 1.93 bits per heavy atom. The number of hydrogen-bond acceptors (Lipinski definition) is 4. The molecule has 0 atom stereocenters. The predicted molar refractivity (Wildman–Crippen MR) is 104 cm³/mol. The van der Waals surface area contributed by atoms with Gasteiger partial charge in [0, 0.05) is 10.2 Å². The molecular formula is C17H15ClF3IN2O3. The molecule has 10 heteroatoms. The minimum absolute atomic E-state index is 0.0252. The fourth-order valence-electron chi connectivity index (χ4n) is 2.04. The van der Waals surface area contributed by atoms with Gasteiger partial charge in [0.15, 0.2) is 17.5 Å². The smallest absolute Gasteiger partial charge is 0.277 e. The summed E-state index contributed by atoms with van der Waals surface area (Å²) < 4.78 is 47.5. The van der Waals surface area contributed by atoms with Crippen molar-refractivity contribution in [2.45, 2.75) is 6.92 Å². The molecule has 5 nitrogen and oxygen atoms in total. The number of hydrogen-bond donors (Lipinski definition) is 2. The SMILES string of the molecule is CCOCCONC(=O)c1cc(F)c(F)c(F)c1Nc1ccc(I)cc1Cl. The largest absolute Gasteiger partial charge is 0.379 e. The summed E-state index contributed by atoms with van der Waals surface area (Å²) in [6, 6.07) is 5.34. The Balaban J connectivity index is 2.29. The molecule has 0 aliphatic heterocycles. The van der Waals surface area contributed by atoms with Crippen LogP contribution in [0.4, 0.5) is 24.5 Å². The quantitative estimate of drug-likeness (QED) is 0.230. The molecule has 0 saturated carbocycles. The zero-order chi connectivity index (χ0) is 20.0. The van der Waals surface area contributed by atoms with Crippen LogP contribution in [0.2, 0.25) is 5.02 Å². The summed E-state index contributed by atoms with van der Waals surface area (Å²) in [6.45, 7) is 2.50. The van der Waals surface area contributed by atoms with Crippen LogP contribution in [0.25, 0.3) is 0 Å². The van der Waals surface area contributed by atoms with Crippen molar-refractivity contribution in [3.63, 3.8) is 0 Å². The van der Waals surface area contributed by atoms with Crippen LogP contribution in [0.5, 0.6) is 0 Å². The number of hydroxylamine groups is 1. The first kappa shape index (κ1) is 21.7. The van der Waals surface area contributed by atoms with Crippen LogP contribution in [-0.4, -0.2) is 25.7 Å². The van der Waals surface area contributed by atoms with Gasteiger partial charge < -0.3 is 10.1 Å². The van der Waals surface area contributed by atoms with E-state index in [1.807, 2.05) is 28.1 Å². The number of nitrogens with one attached hydrogen (secondary N) is 2. The van der Waals surface area contributed by atoms with Crippen molar-refractivity contribution in [1.29, 1.82) is 0 Å². The van der Waals surface area contributed by atoms with Gasteiger partial charge in [-0.25, -0.2) is 18.7 Å². The number of amides is 1. The second kappa shape index (κ2) is 10.1. The molecule has 0 aliphatic carbocycles. The molecule has 146 valence electrons. The van der Waals surface area contributed by atoms with Gasteiger partial charge in [-0.05, 0) is 53.8 Å². The van der Waals surface area contributed by atoms with Crippen LogP contribution >= 0.6 is 34.2 Å². The van der Waals surface area contributed by atoms with Crippen molar-refractivity contribution in [3.8, 4) is 0 Å². The molecule has 0 bridgehead atoms. The average molecular weight is 515 g/mol. The van der Waals surface area contributed by atoms with Crippen molar-refractivity contribution < 1.29 is 27.5 Å². The third-order valence-corrected chi connectivity index (χ3v) is 4.28. The zero-order valence-corrected chi connectivity index (χ0v) is 17.0. The molecule has 0 unspecified atom stereocenters. The van der Waals surface area contributed by atoms with E-state index in [0.29, 0.717) is 12.7 Å². The van der Waals surface area contributed by atoms with Gasteiger partial charge in [0.2, 0.25) is 0 Å². The normalized spacial score (nSPS) is 10.7. The lowest BCUT2D eigenvalue weighted by Crippen LogP contribution is -2.27. The van der Waals surface area contributed by atoms with Crippen molar-refractivity contribution in [2.24, 2.45) is 0 Å². The summed E-state index contributed by atoms with van der Waals surface area (Å²) in [7, 11) is 0. The van der Waals surface area contributed by atoms with Crippen LogP contribution in [0.1, 0.15) is 17.3 Å². The number of benzene rings is 2. The molecule has 0 heterocycles. The molecular weight excluding hydrogens is 500 g/mol. The Morgan fingerprint density at radius 1 is 1.19 bits per heavy atom. The zero-order valence-electron chi connectivity index (χ0n) is 14.0. The van der Waals surface area contributed by atoms with Crippen molar-refractivity contribution in [2.75, 3.05) is 25.1 Å². The lowest BCUT2D eigenvalue weighted by Gasteiger charge is -2.15. The Hall–Kier alpha value is -1.56. The monoisotopic (exact) mass is 514 g/mol. The van der Waals surface area contributed by atoms with Crippen LogP contribution in [0, 0.1) is 21.0 Å². The number of carbonyl (C=O) groups is 1. The van der Waals surface area contributed by atoms with Crippen LogP contribution < -0.4 is 10.8 Å². The predicted octanol–water partition coefficient (Wildman–Crippen LogP) is 4.80. The molecule has 27 heavy (non-hydrogen) atoms. The number of halogens is 5. The van der Waals surface area contributed by atoms with E-state index in [0.717, 1.165) is 3.57 Å². The maximum Gasteiger partial charge on any atom is 0.277 e. The summed E-state index contributed by atoms with van der Waals surface area (Å²) >= 11 is 8.09. The van der Waals surface area contributed by atoms with Crippen molar-refractivity contribution in [1.82, 2.24) is 5.48 Å². The first-order valence-corrected chi connectivity index (χ1v) is 9.20. The topological polar surface area (TPSA) is 59.6 Å². The minimum atomic E-state index is -1.71. The molecule has 2 aromatic rings. The van der Waals surface area contributed by atoms with Crippen LogP contribution in [-0.2, 0) is 9.57 Å². The molecule has 0 aliphatic rings. The lowest BCUT2D eigenvalue weighted by molar-refractivity contribution is 0.00166. The highest BCUT2D eigenvalue weighted by molar-refractivity contribution is 14.1. The van der Waals surface area contributed by atoms with Gasteiger partial charge in [-0.3, -0.25) is 9.63 Å². The number of rotatable bonds is 8. The highest BCUT2D eigenvalue weighted by Crippen LogP contribution is 2.32. The summed E-state index contributed by atoms with van der Waals surface area (Å²) in [6.07, 6.45) is 0. The molecule has 2 rings (SSSR count). The van der Waals surface area contributed by atoms with E-state index in [2.05, 4.69) is 5.32 Å². The fraction of sp³-hybridized carbons (Fsp3) is 0.235. The molecule has 0 fully saturated rings. The first-order chi connectivity index (χ1) is 12.8. The Bertz CT molecular complexity index is 840. The van der Waals surface area contributed by atoms with E-state index in [4.69, 9.17) is 21.2 Å². The highest BCUT2D eigenvalue weighted by atomic mass is 127. The summed E-state index contributed by atoms with van der Waals surface area (Å²) in [5, 5.41) is 2.75. The molecule has 0 spiro atoms. The van der Waals surface area contributed by atoms with E-state index in [1.165, 1.54) is 6.07 Å². The molecule has 1 amide bonds. The number of anilines is 2. The van der Waals surface area contributed by atoms with Gasteiger partial charge in [-0.15, -0.1) is 0 Å². The van der Waals surface area contributed by atoms with E-state index in [9.17, 15) is 18.0 Å². The number of carbonyl (C=O) groups excluding carboxylic acids is 1. The third-order valence-electron chi connectivity index (χ3n) is 3.30. The molecule has 0 radical (unpaired) electrons. The van der Waals surface area contributed by atoms with Crippen LogP contribution in [0.15, 0.2) is 24.3 Å². The molecule has 2 N–H and O–H groups in total. The fourth-order valence-corrected chi connectivity index (χ4v) is 2.94. The maximum atomic E-state index is 14.3. The van der Waals surface area contributed by atoms with Gasteiger partial charge >= 0.3 is 0 Å². The Labute approximate surface area is 172 Å². The number of ether oxygens (including phenoxy) is 1. The highest BCUT2D eigenvalue weighted by Gasteiger charge is 2.23. The maximum absolute atomic E-state index is 14.3. The Morgan fingerprint density at radius 3 is 2.59 bits per heavy atom. The molecule has 0 aromatic heterocycles. The van der Waals surface area contributed by atoms with Gasteiger partial charge in [0.25, 0.3) is 5.91 Å². The minimum Gasteiger partial charge on any atom is -0.379 e.